The largest absolute Gasteiger partial charge is 0.457 e. The van der Waals surface area contributed by atoms with Gasteiger partial charge in [0.1, 0.15) is 0 Å². The van der Waals surface area contributed by atoms with E-state index < -0.39 is 0 Å². The Hall–Kier alpha value is -1.16. The summed E-state index contributed by atoms with van der Waals surface area (Å²) in [6.07, 6.45) is 2.87. The molecule has 90 valence electrons. The molecule has 0 unspecified atom stereocenters. The molecule has 2 rings (SSSR count). The number of halogens is 1. The van der Waals surface area contributed by atoms with Gasteiger partial charge in [0.2, 0.25) is 0 Å². The van der Waals surface area contributed by atoms with Crippen LogP contribution in [0.1, 0.15) is 29.6 Å². The van der Waals surface area contributed by atoms with Gasteiger partial charge in [0.05, 0.1) is 5.92 Å². The lowest BCUT2D eigenvalue weighted by atomic mass is 9.86. The molecule has 0 saturated heterocycles. The molecule has 1 saturated carbocycles. The molecule has 0 N–H and O–H groups in total. The molecular weight excluding hydrogens is 284 g/mol. The van der Waals surface area contributed by atoms with Crippen LogP contribution in [0.2, 0.25) is 0 Å². The summed E-state index contributed by atoms with van der Waals surface area (Å²) in [4.78, 5) is 23.1. The second-order valence-corrected chi connectivity index (χ2v) is 5.08. The summed E-state index contributed by atoms with van der Waals surface area (Å²) >= 11 is 3.30. The molecule has 4 heteroatoms. The number of carbonyl (C=O) groups is 2. The standard InChI is InChI=1S/C13H13BrO3/c14-11-6-4-9(5-7-11)12(15)8-17-13(16)10-2-1-3-10/h4-7,10H,1-3,8H2. The first-order chi connectivity index (χ1) is 8.16. The van der Waals surface area contributed by atoms with Gasteiger partial charge in [-0.15, -0.1) is 0 Å². The van der Waals surface area contributed by atoms with Crippen molar-refractivity contribution in [3.8, 4) is 0 Å². The zero-order valence-corrected chi connectivity index (χ0v) is 10.9. The van der Waals surface area contributed by atoms with E-state index in [-0.39, 0.29) is 24.3 Å². The van der Waals surface area contributed by atoms with Gasteiger partial charge in [0.15, 0.2) is 12.4 Å². The van der Waals surface area contributed by atoms with Crippen LogP contribution >= 0.6 is 15.9 Å². The fourth-order valence-corrected chi connectivity index (χ4v) is 1.88. The van der Waals surface area contributed by atoms with E-state index in [1.54, 1.807) is 24.3 Å². The van der Waals surface area contributed by atoms with Gasteiger partial charge in [0.25, 0.3) is 0 Å². The maximum Gasteiger partial charge on any atom is 0.309 e. The predicted molar refractivity (Wildman–Crippen MR) is 66.8 cm³/mol. The fourth-order valence-electron chi connectivity index (χ4n) is 1.62. The molecule has 0 atom stereocenters. The molecule has 1 aromatic carbocycles. The number of rotatable bonds is 4. The summed E-state index contributed by atoms with van der Waals surface area (Å²) in [6, 6.07) is 7.01. The van der Waals surface area contributed by atoms with Crippen molar-refractivity contribution in [2.24, 2.45) is 5.92 Å². The summed E-state index contributed by atoms with van der Waals surface area (Å²) < 4.78 is 5.91. The van der Waals surface area contributed by atoms with Gasteiger partial charge in [0, 0.05) is 10.0 Å². The van der Waals surface area contributed by atoms with E-state index in [2.05, 4.69) is 15.9 Å². The van der Waals surface area contributed by atoms with Crippen molar-refractivity contribution in [2.75, 3.05) is 6.61 Å². The smallest absolute Gasteiger partial charge is 0.309 e. The monoisotopic (exact) mass is 296 g/mol. The molecule has 0 heterocycles. The van der Waals surface area contributed by atoms with Crippen molar-refractivity contribution in [2.45, 2.75) is 19.3 Å². The van der Waals surface area contributed by atoms with Gasteiger partial charge in [-0.3, -0.25) is 9.59 Å². The molecule has 3 nitrogen and oxygen atoms in total. The van der Waals surface area contributed by atoms with E-state index >= 15 is 0 Å². The van der Waals surface area contributed by atoms with Crippen molar-refractivity contribution in [3.05, 3.63) is 34.3 Å². The highest BCUT2D eigenvalue weighted by atomic mass is 79.9. The van der Waals surface area contributed by atoms with Gasteiger partial charge in [-0.25, -0.2) is 0 Å². The van der Waals surface area contributed by atoms with Crippen molar-refractivity contribution < 1.29 is 14.3 Å². The van der Waals surface area contributed by atoms with Gasteiger partial charge in [-0.1, -0.05) is 34.5 Å². The third-order valence-corrected chi connectivity index (χ3v) is 3.48. The summed E-state index contributed by atoms with van der Waals surface area (Å²) in [5.74, 6) is -0.375. The number of ether oxygens (including phenoxy) is 1. The average molecular weight is 297 g/mol. The Kier molecular flexibility index (Phi) is 3.94. The second kappa shape index (κ2) is 5.45. The Bertz CT molecular complexity index is 421. The second-order valence-electron chi connectivity index (χ2n) is 4.17. The maximum atomic E-state index is 11.7. The molecule has 1 aromatic rings. The highest BCUT2D eigenvalue weighted by Gasteiger charge is 2.27. The molecular formula is C13H13BrO3. The number of hydrogen-bond acceptors (Lipinski definition) is 3. The van der Waals surface area contributed by atoms with Gasteiger partial charge >= 0.3 is 5.97 Å². The van der Waals surface area contributed by atoms with Gasteiger partial charge in [-0.2, -0.15) is 0 Å². The number of ketones is 1. The van der Waals surface area contributed by atoms with Crippen LogP contribution in [-0.4, -0.2) is 18.4 Å². The summed E-state index contributed by atoms with van der Waals surface area (Å²) in [7, 11) is 0. The number of Topliss-reactive ketones (excluding diaryl/α,β-unsaturated/α-hetero) is 1. The minimum absolute atomic E-state index is 0.0210. The van der Waals surface area contributed by atoms with Crippen LogP contribution in [0, 0.1) is 5.92 Å². The van der Waals surface area contributed by atoms with E-state index in [9.17, 15) is 9.59 Å². The molecule has 1 aliphatic rings. The first-order valence-corrected chi connectivity index (χ1v) is 6.41. The lowest BCUT2D eigenvalue weighted by Crippen LogP contribution is -2.26. The van der Waals surface area contributed by atoms with Crippen molar-refractivity contribution >= 4 is 27.7 Å². The van der Waals surface area contributed by atoms with Crippen molar-refractivity contribution in [3.63, 3.8) is 0 Å². The summed E-state index contributed by atoms with van der Waals surface area (Å²) in [5.41, 5.74) is 0.564. The Morgan fingerprint density at radius 2 is 1.88 bits per heavy atom. The molecule has 0 aliphatic heterocycles. The van der Waals surface area contributed by atoms with E-state index in [4.69, 9.17) is 4.74 Å². The van der Waals surface area contributed by atoms with Crippen LogP contribution in [0.15, 0.2) is 28.7 Å². The third-order valence-electron chi connectivity index (χ3n) is 2.95. The van der Waals surface area contributed by atoms with E-state index in [0.717, 1.165) is 23.7 Å². The van der Waals surface area contributed by atoms with Crippen molar-refractivity contribution in [1.82, 2.24) is 0 Å². The molecule has 0 aromatic heterocycles. The van der Waals surface area contributed by atoms with E-state index in [1.165, 1.54) is 0 Å². The molecule has 0 amide bonds. The highest BCUT2D eigenvalue weighted by molar-refractivity contribution is 9.10. The number of esters is 1. The van der Waals surface area contributed by atoms with Gasteiger partial charge < -0.3 is 4.74 Å². The fraction of sp³-hybridized carbons (Fsp3) is 0.385. The SMILES string of the molecule is O=C(COC(=O)C1CCC1)c1ccc(Br)cc1. The first-order valence-electron chi connectivity index (χ1n) is 5.62. The van der Waals surface area contributed by atoms with Crippen LogP contribution in [0.3, 0.4) is 0 Å². The minimum atomic E-state index is -0.235. The van der Waals surface area contributed by atoms with Crippen LogP contribution < -0.4 is 0 Å². The van der Waals surface area contributed by atoms with E-state index in [0.29, 0.717) is 5.56 Å². The predicted octanol–water partition coefficient (Wildman–Crippen LogP) is 2.98. The van der Waals surface area contributed by atoms with Crippen LogP contribution in [0.5, 0.6) is 0 Å². The Labute approximate surface area is 108 Å². The van der Waals surface area contributed by atoms with Crippen LogP contribution in [0.25, 0.3) is 0 Å². The molecule has 1 fully saturated rings. The first kappa shape index (κ1) is 12.3. The highest BCUT2D eigenvalue weighted by Crippen LogP contribution is 2.27. The average Bonchev–Trinajstić information content (AvgIpc) is 2.24. The lowest BCUT2D eigenvalue weighted by Gasteiger charge is -2.22. The normalized spacial score (nSPS) is 15.1. The number of benzene rings is 1. The maximum absolute atomic E-state index is 11.7. The van der Waals surface area contributed by atoms with Crippen molar-refractivity contribution in [1.29, 1.82) is 0 Å². The molecule has 1 aliphatic carbocycles. The molecule has 0 bridgehead atoms. The summed E-state index contributed by atoms with van der Waals surface area (Å²) in [5, 5.41) is 0. The topological polar surface area (TPSA) is 43.4 Å². The van der Waals surface area contributed by atoms with Crippen LogP contribution in [-0.2, 0) is 9.53 Å². The van der Waals surface area contributed by atoms with Crippen LogP contribution in [0.4, 0.5) is 0 Å². The zero-order chi connectivity index (χ0) is 12.3. The zero-order valence-electron chi connectivity index (χ0n) is 9.32. The van der Waals surface area contributed by atoms with Gasteiger partial charge in [-0.05, 0) is 25.0 Å². The van der Waals surface area contributed by atoms with E-state index in [1.807, 2.05) is 0 Å². The summed E-state index contributed by atoms with van der Waals surface area (Å²) in [6.45, 7) is -0.156. The molecule has 0 spiro atoms. The minimum Gasteiger partial charge on any atom is -0.457 e. The molecule has 17 heavy (non-hydrogen) atoms. The Balaban J connectivity index is 1.84. The third kappa shape index (κ3) is 3.16. The molecule has 0 radical (unpaired) electrons. The lowest BCUT2D eigenvalue weighted by molar-refractivity contribution is -0.150. The quantitative estimate of drug-likeness (QED) is 0.634. The Morgan fingerprint density at radius 3 is 2.41 bits per heavy atom. The Morgan fingerprint density at radius 1 is 1.24 bits per heavy atom. The number of carbonyl (C=O) groups excluding carboxylic acids is 2. The number of hydrogen-bond donors (Lipinski definition) is 0.